The molecule has 9 nitrogen and oxygen atoms in total. The maximum absolute atomic E-state index is 12.7. The minimum absolute atomic E-state index is 0.0511. The van der Waals surface area contributed by atoms with Crippen molar-refractivity contribution >= 4 is 13.8 Å². The Morgan fingerprint density at radius 2 is 0.823 bits per heavy atom. The molecule has 0 radical (unpaired) electrons. The van der Waals surface area contributed by atoms with Crippen LogP contribution >= 0.6 is 7.82 Å². The molecule has 0 spiro atoms. The van der Waals surface area contributed by atoms with Crippen LogP contribution in [0.1, 0.15) is 258 Å². The number of hydrogen-bond donors (Lipinski definition) is 3. The second-order valence-corrected chi connectivity index (χ2v) is 19.3. The van der Waals surface area contributed by atoms with Crippen molar-refractivity contribution < 1.29 is 43.0 Å². The van der Waals surface area contributed by atoms with Gasteiger partial charge in [-0.15, -0.1) is 0 Å². The fourth-order valence-electron chi connectivity index (χ4n) is 7.58. The molecule has 0 aromatic carbocycles. The van der Waals surface area contributed by atoms with E-state index in [-0.39, 0.29) is 25.6 Å². The average molecular weight is 901 g/mol. The highest BCUT2D eigenvalue weighted by Gasteiger charge is 2.26. The van der Waals surface area contributed by atoms with Crippen LogP contribution in [0.25, 0.3) is 0 Å². The van der Waals surface area contributed by atoms with Crippen molar-refractivity contribution in [2.75, 3.05) is 33.0 Å². The predicted molar refractivity (Wildman–Crippen MR) is 261 cm³/mol. The molecule has 0 aromatic heterocycles. The van der Waals surface area contributed by atoms with Gasteiger partial charge in [0, 0.05) is 13.0 Å². The molecule has 3 N–H and O–H groups in total. The maximum atomic E-state index is 12.7. The zero-order valence-electron chi connectivity index (χ0n) is 40.6. The fourth-order valence-corrected chi connectivity index (χ4v) is 8.37. The summed E-state index contributed by atoms with van der Waals surface area (Å²) in [5.74, 6) is -0.380. The van der Waals surface area contributed by atoms with Gasteiger partial charge in [-0.1, -0.05) is 212 Å². The molecule has 0 bridgehead atoms. The number of allylic oxidation sites excluding steroid dienone is 4. The van der Waals surface area contributed by atoms with E-state index in [4.69, 9.17) is 23.6 Å². The number of unbranched alkanes of at least 4 members (excludes halogenated alkanes) is 33. The Morgan fingerprint density at radius 3 is 1.21 bits per heavy atom. The van der Waals surface area contributed by atoms with E-state index in [1.165, 1.54) is 199 Å². The number of phosphoric ester groups is 1. The van der Waals surface area contributed by atoms with E-state index < -0.39 is 33.2 Å². The summed E-state index contributed by atoms with van der Waals surface area (Å²) >= 11 is 0. The highest BCUT2D eigenvalue weighted by atomic mass is 31.2. The van der Waals surface area contributed by atoms with Gasteiger partial charge in [0.1, 0.15) is 12.2 Å². The van der Waals surface area contributed by atoms with Gasteiger partial charge in [-0.05, 0) is 64.2 Å². The van der Waals surface area contributed by atoms with Crippen molar-refractivity contribution in [2.45, 2.75) is 270 Å². The molecule has 0 rings (SSSR count). The van der Waals surface area contributed by atoms with Crippen molar-refractivity contribution in [1.82, 2.24) is 0 Å². The third-order valence-electron chi connectivity index (χ3n) is 11.6. The Kier molecular flexibility index (Phi) is 48.5. The van der Waals surface area contributed by atoms with Gasteiger partial charge in [0.25, 0.3) is 0 Å². The van der Waals surface area contributed by atoms with E-state index >= 15 is 0 Å². The van der Waals surface area contributed by atoms with Crippen LogP contribution in [0.3, 0.4) is 0 Å². The number of phosphoric acid groups is 1. The van der Waals surface area contributed by atoms with Crippen LogP contribution in [0.2, 0.25) is 0 Å². The van der Waals surface area contributed by atoms with Crippen LogP contribution in [-0.4, -0.2) is 66.3 Å². The first-order valence-electron chi connectivity index (χ1n) is 26.3. The quantitative estimate of drug-likeness (QED) is 0.0236. The van der Waals surface area contributed by atoms with Gasteiger partial charge in [0.15, 0.2) is 0 Å². The second-order valence-electron chi connectivity index (χ2n) is 17.9. The first-order chi connectivity index (χ1) is 30.3. The van der Waals surface area contributed by atoms with Crippen LogP contribution in [0.4, 0.5) is 0 Å². The topological polar surface area (TPSA) is 132 Å². The number of carbonyl (C=O) groups excluding carboxylic acids is 1. The Morgan fingerprint density at radius 1 is 0.484 bits per heavy atom. The molecule has 368 valence electrons. The maximum Gasteiger partial charge on any atom is 0.472 e. The van der Waals surface area contributed by atoms with Crippen LogP contribution in [0.5, 0.6) is 0 Å². The number of hydrogen-bond acceptors (Lipinski definition) is 8. The smallest absolute Gasteiger partial charge is 0.457 e. The Bertz CT molecular complexity index is 1020. The molecule has 0 fully saturated rings. The molecule has 0 heterocycles. The molecule has 10 heteroatoms. The number of aliphatic hydroxyl groups excluding tert-OH is 2. The third-order valence-corrected chi connectivity index (χ3v) is 12.6. The van der Waals surface area contributed by atoms with Gasteiger partial charge < -0.3 is 24.6 Å². The molecule has 0 amide bonds. The number of esters is 1. The zero-order valence-corrected chi connectivity index (χ0v) is 41.5. The highest BCUT2D eigenvalue weighted by Crippen LogP contribution is 2.43. The largest absolute Gasteiger partial charge is 0.472 e. The monoisotopic (exact) mass is 901 g/mol. The van der Waals surface area contributed by atoms with Crippen molar-refractivity contribution in [3.8, 4) is 0 Å². The molecule has 0 saturated carbocycles. The minimum Gasteiger partial charge on any atom is -0.457 e. The molecule has 0 aromatic rings. The summed E-state index contributed by atoms with van der Waals surface area (Å²) in [6.07, 6.45) is 54.3. The van der Waals surface area contributed by atoms with E-state index in [1.54, 1.807) is 0 Å². The standard InChI is InChI=1S/C52H101O9P/c1-3-5-7-9-11-13-15-17-19-21-23-25-26-28-30-32-34-36-38-40-42-44-52(55)61-51(49-60-62(56,57)59-47-50(54)46-53)48-58-45-43-41-39-37-35-33-31-29-27-24-22-20-18-16-14-12-10-8-6-4-2/h18,20-21,23,50-51,53-54H,3-17,19,22,24-49H2,1-2H3,(H,56,57)/b20-18-,23-21-. The lowest BCUT2D eigenvalue weighted by Crippen LogP contribution is -2.29. The van der Waals surface area contributed by atoms with Crippen molar-refractivity contribution in [3.05, 3.63) is 24.3 Å². The second kappa shape index (κ2) is 49.4. The van der Waals surface area contributed by atoms with Gasteiger partial charge in [-0.2, -0.15) is 0 Å². The molecular weight excluding hydrogens is 800 g/mol. The summed E-state index contributed by atoms with van der Waals surface area (Å²) in [6, 6.07) is 0. The number of rotatable bonds is 51. The molecule has 3 unspecified atom stereocenters. The van der Waals surface area contributed by atoms with Crippen molar-refractivity contribution in [1.29, 1.82) is 0 Å². The Hall–Kier alpha value is -1.06. The summed E-state index contributed by atoms with van der Waals surface area (Å²) < 4.78 is 33.6. The van der Waals surface area contributed by atoms with E-state index in [9.17, 15) is 19.4 Å². The van der Waals surface area contributed by atoms with Crippen LogP contribution in [0.15, 0.2) is 24.3 Å². The Balaban J connectivity index is 4.04. The fraction of sp³-hybridized carbons (Fsp3) is 0.904. The normalized spacial score (nSPS) is 14.0. The SMILES string of the molecule is CCCCCCCC/C=C\CCCCCCCCCCCCOCC(COP(=O)(O)OCC(O)CO)OC(=O)CCCCCCCCCCC/C=C\CCCCCCCCCC. The lowest BCUT2D eigenvalue weighted by molar-refractivity contribution is -0.154. The number of carbonyl (C=O) groups is 1. The van der Waals surface area contributed by atoms with Gasteiger partial charge in [0.2, 0.25) is 0 Å². The Labute approximate surface area is 383 Å². The summed E-state index contributed by atoms with van der Waals surface area (Å²) in [6.45, 7) is 3.56. The van der Waals surface area contributed by atoms with E-state index in [0.29, 0.717) is 6.61 Å². The number of aliphatic hydroxyl groups is 2. The minimum atomic E-state index is -4.52. The molecule has 0 aliphatic heterocycles. The van der Waals surface area contributed by atoms with E-state index in [2.05, 4.69) is 38.2 Å². The molecule has 0 aliphatic carbocycles. The van der Waals surface area contributed by atoms with Gasteiger partial charge in [0.05, 0.1) is 26.4 Å². The van der Waals surface area contributed by atoms with Gasteiger partial charge >= 0.3 is 13.8 Å². The zero-order chi connectivity index (χ0) is 45.3. The summed E-state index contributed by atoms with van der Waals surface area (Å²) in [5.41, 5.74) is 0. The van der Waals surface area contributed by atoms with Crippen molar-refractivity contribution in [3.63, 3.8) is 0 Å². The van der Waals surface area contributed by atoms with Crippen molar-refractivity contribution in [2.24, 2.45) is 0 Å². The summed E-state index contributed by atoms with van der Waals surface area (Å²) in [7, 11) is -4.52. The van der Waals surface area contributed by atoms with E-state index in [1.807, 2.05) is 0 Å². The lowest BCUT2D eigenvalue weighted by Gasteiger charge is -2.20. The van der Waals surface area contributed by atoms with Crippen LogP contribution in [-0.2, 0) is 27.9 Å². The van der Waals surface area contributed by atoms with E-state index in [0.717, 1.165) is 38.5 Å². The molecule has 0 saturated heterocycles. The molecule has 62 heavy (non-hydrogen) atoms. The summed E-state index contributed by atoms with van der Waals surface area (Å²) in [5, 5.41) is 18.4. The predicted octanol–water partition coefficient (Wildman–Crippen LogP) is 15.4. The third kappa shape index (κ3) is 48.4. The molecule has 3 atom stereocenters. The first-order valence-corrected chi connectivity index (χ1v) is 27.8. The van der Waals surface area contributed by atoms with Crippen LogP contribution in [0, 0.1) is 0 Å². The average Bonchev–Trinajstić information content (AvgIpc) is 3.26. The first kappa shape index (κ1) is 60.9. The molecule has 0 aliphatic rings. The van der Waals surface area contributed by atoms with Crippen LogP contribution < -0.4 is 0 Å². The highest BCUT2D eigenvalue weighted by molar-refractivity contribution is 7.47. The summed E-state index contributed by atoms with van der Waals surface area (Å²) in [4.78, 5) is 22.7. The van der Waals surface area contributed by atoms with Gasteiger partial charge in [-0.25, -0.2) is 4.57 Å². The number of ether oxygens (including phenoxy) is 2. The molecular formula is C52H101O9P. The van der Waals surface area contributed by atoms with Gasteiger partial charge in [-0.3, -0.25) is 13.8 Å². The lowest BCUT2D eigenvalue weighted by atomic mass is 10.1.